The third-order valence-electron chi connectivity index (χ3n) is 5.01. The lowest BCUT2D eigenvalue weighted by Crippen LogP contribution is -2.45. The van der Waals surface area contributed by atoms with Gasteiger partial charge in [-0.05, 0) is 43.9 Å². The predicted octanol–water partition coefficient (Wildman–Crippen LogP) is 2.99. The molecule has 0 amide bonds. The number of aryl methyl sites for hydroxylation is 1. The van der Waals surface area contributed by atoms with E-state index >= 15 is 0 Å². The molecule has 1 aromatic heterocycles. The second-order valence-corrected chi connectivity index (χ2v) is 7.63. The molecule has 1 aliphatic heterocycles. The highest BCUT2D eigenvalue weighted by Gasteiger charge is 2.22. The molecule has 1 saturated heterocycles. The van der Waals surface area contributed by atoms with Crippen LogP contribution in [-0.4, -0.2) is 49.8 Å². The van der Waals surface area contributed by atoms with E-state index in [2.05, 4.69) is 81.8 Å². The molecule has 1 fully saturated rings. The Balaban J connectivity index is 1.41. The molecule has 0 bridgehead atoms. The van der Waals surface area contributed by atoms with E-state index in [9.17, 15) is 0 Å². The average Bonchev–Trinajstić information content (AvgIpc) is 2.74. The van der Waals surface area contributed by atoms with Gasteiger partial charge in [0, 0.05) is 39.4 Å². The van der Waals surface area contributed by atoms with Crippen LogP contribution in [-0.2, 0) is 17.7 Å². The van der Waals surface area contributed by atoms with E-state index in [0.717, 1.165) is 49.8 Å². The molecule has 1 aromatic carbocycles. The number of ether oxygens (including phenoxy) is 1. The average molecular weight is 396 g/mol. The summed E-state index contributed by atoms with van der Waals surface area (Å²) in [5, 5.41) is 6.74. The van der Waals surface area contributed by atoms with E-state index in [-0.39, 0.29) is 12.2 Å². The van der Waals surface area contributed by atoms with Crippen LogP contribution in [0.15, 0.2) is 53.7 Å². The summed E-state index contributed by atoms with van der Waals surface area (Å²) in [7, 11) is 1.80. The number of aliphatic imine (C=N–C) groups is 1. The number of nitrogens with one attached hydrogen (secondary N) is 2. The summed E-state index contributed by atoms with van der Waals surface area (Å²) in [6, 6.07) is 14.8. The highest BCUT2D eigenvalue weighted by molar-refractivity contribution is 5.79. The van der Waals surface area contributed by atoms with Crippen molar-refractivity contribution >= 4 is 11.8 Å². The van der Waals surface area contributed by atoms with E-state index in [4.69, 9.17) is 4.74 Å². The zero-order chi connectivity index (χ0) is 20.5. The molecule has 2 heterocycles. The summed E-state index contributed by atoms with van der Waals surface area (Å²) in [5.74, 6) is 1.83. The van der Waals surface area contributed by atoms with Crippen LogP contribution in [0, 0.1) is 0 Å². The van der Waals surface area contributed by atoms with Crippen LogP contribution in [0.25, 0.3) is 0 Å². The molecule has 156 valence electrons. The monoisotopic (exact) mass is 395 g/mol. The van der Waals surface area contributed by atoms with Gasteiger partial charge in [-0.2, -0.15) is 0 Å². The number of benzene rings is 1. The molecule has 0 spiro atoms. The Hall–Kier alpha value is -2.60. The van der Waals surface area contributed by atoms with E-state index in [1.807, 2.05) is 6.20 Å². The molecule has 2 aromatic rings. The summed E-state index contributed by atoms with van der Waals surface area (Å²) >= 11 is 0. The lowest BCUT2D eigenvalue weighted by atomic mass is 10.1. The van der Waals surface area contributed by atoms with Crippen LogP contribution in [0.2, 0.25) is 0 Å². The first-order valence-electron chi connectivity index (χ1n) is 10.5. The van der Waals surface area contributed by atoms with Gasteiger partial charge in [-0.3, -0.25) is 4.99 Å². The third-order valence-corrected chi connectivity index (χ3v) is 5.01. The number of rotatable bonds is 7. The number of morpholine rings is 1. The fourth-order valence-corrected chi connectivity index (χ4v) is 3.62. The van der Waals surface area contributed by atoms with Crippen LogP contribution in [0.4, 0.5) is 5.82 Å². The zero-order valence-electron chi connectivity index (χ0n) is 17.8. The molecule has 2 unspecified atom stereocenters. The van der Waals surface area contributed by atoms with Gasteiger partial charge in [-0.1, -0.05) is 36.4 Å². The van der Waals surface area contributed by atoms with Crippen molar-refractivity contribution in [2.24, 2.45) is 4.99 Å². The topological polar surface area (TPSA) is 61.8 Å². The smallest absolute Gasteiger partial charge is 0.191 e. The molecule has 29 heavy (non-hydrogen) atoms. The van der Waals surface area contributed by atoms with Gasteiger partial charge in [0.1, 0.15) is 5.82 Å². The van der Waals surface area contributed by atoms with Crippen molar-refractivity contribution in [3.8, 4) is 0 Å². The van der Waals surface area contributed by atoms with E-state index < -0.39 is 0 Å². The quantitative estimate of drug-likeness (QED) is 0.429. The predicted molar refractivity (Wildman–Crippen MR) is 119 cm³/mol. The van der Waals surface area contributed by atoms with Gasteiger partial charge in [-0.25, -0.2) is 4.98 Å². The maximum absolute atomic E-state index is 5.80. The van der Waals surface area contributed by atoms with Crippen molar-refractivity contribution in [1.82, 2.24) is 15.6 Å². The number of guanidine groups is 1. The standard InChI is InChI=1S/C23H33N5O/c1-18-16-28(17-19(2)29-18)22-12-11-21(14-26-22)15-27-23(24-3)25-13-7-10-20-8-5-4-6-9-20/h4-6,8-9,11-12,14,18-19H,7,10,13,15-17H2,1-3H3,(H2,24,25,27). The molecule has 2 atom stereocenters. The number of pyridine rings is 1. The Morgan fingerprint density at radius 1 is 1.07 bits per heavy atom. The maximum atomic E-state index is 5.80. The first kappa shape index (κ1) is 21.1. The van der Waals surface area contributed by atoms with Crippen molar-refractivity contribution in [3.63, 3.8) is 0 Å². The molecule has 6 nitrogen and oxygen atoms in total. The van der Waals surface area contributed by atoms with Crippen LogP contribution < -0.4 is 15.5 Å². The van der Waals surface area contributed by atoms with Crippen molar-refractivity contribution in [2.45, 2.75) is 45.4 Å². The SMILES string of the molecule is CN=C(NCCCc1ccccc1)NCc1ccc(N2CC(C)OC(C)C2)nc1. The largest absolute Gasteiger partial charge is 0.372 e. The molecule has 6 heteroatoms. The second kappa shape index (κ2) is 10.8. The Bertz CT molecular complexity index is 753. The molecular formula is C23H33N5O. The van der Waals surface area contributed by atoms with Gasteiger partial charge >= 0.3 is 0 Å². The van der Waals surface area contributed by atoms with Gasteiger partial charge in [0.2, 0.25) is 0 Å². The van der Waals surface area contributed by atoms with Gasteiger partial charge in [0.05, 0.1) is 12.2 Å². The van der Waals surface area contributed by atoms with E-state index in [1.54, 1.807) is 7.05 Å². The summed E-state index contributed by atoms with van der Waals surface area (Å²) in [5.41, 5.74) is 2.50. The van der Waals surface area contributed by atoms with E-state index in [1.165, 1.54) is 5.56 Å². The first-order chi connectivity index (χ1) is 14.1. The van der Waals surface area contributed by atoms with Crippen molar-refractivity contribution in [3.05, 3.63) is 59.8 Å². The van der Waals surface area contributed by atoms with Gasteiger partial charge in [0.25, 0.3) is 0 Å². The highest BCUT2D eigenvalue weighted by atomic mass is 16.5. The third kappa shape index (κ3) is 6.75. The number of hydrogen-bond donors (Lipinski definition) is 2. The van der Waals surface area contributed by atoms with Crippen LogP contribution in [0.3, 0.4) is 0 Å². The molecule has 1 aliphatic rings. The second-order valence-electron chi connectivity index (χ2n) is 7.63. The number of anilines is 1. The zero-order valence-corrected chi connectivity index (χ0v) is 17.8. The molecule has 2 N–H and O–H groups in total. The van der Waals surface area contributed by atoms with Crippen molar-refractivity contribution in [2.75, 3.05) is 31.6 Å². The molecule has 0 aliphatic carbocycles. The van der Waals surface area contributed by atoms with Gasteiger partial charge in [0.15, 0.2) is 5.96 Å². The van der Waals surface area contributed by atoms with Crippen LogP contribution in [0.1, 0.15) is 31.4 Å². The van der Waals surface area contributed by atoms with Crippen LogP contribution >= 0.6 is 0 Å². The van der Waals surface area contributed by atoms with Gasteiger partial charge in [-0.15, -0.1) is 0 Å². The maximum Gasteiger partial charge on any atom is 0.191 e. The number of aromatic nitrogens is 1. The van der Waals surface area contributed by atoms with Gasteiger partial charge < -0.3 is 20.3 Å². The van der Waals surface area contributed by atoms with Crippen LogP contribution in [0.5, 0.6) is 0 Å². The highest BCUT2D eigenvalue weighted by Crippen LogP contribution is 2.18. The molecule has 0 saturated carbocycles. The summed E-state index contributed by atoms with van der Waals surface area (Å²) in [6.07, 6.45) is 4.54. The fraction of sp³-hybridized carbons (Fsp3) is 0.478. The van der Waals surface area contributed by atoms with Crippen molar-refractivity contribution in [1.29, 1.82) is 0 Å². The van der Waals surface area contributed by atoms with E-state index in [0.29, 0.717) is 6.54 Å². The number of hydrogen-bond acceptors (Lipinski definition) is 4. The lowest BCUT2D eigenvalue weighted by Gasteiger charge is -2.36. The Morgan fingerprint density at radius 3 is 2.48 bits per heavy atom. The Labute approximate surface area is 174 Å². The molecule has 3 rings (SSSR count). The van der Waals surface area contributed by atoms with Crippen molar-refractivity contribution < 1.29 is 4.74 Å². The summed E-state index contributed by atoms with van der Waals surface area (Å²) in [4.78, 5) is 11.3. The minimum absolute atomic E-state index is 0.234. The fourth-order valence-electron chi connectivity index (χ4n) is 3.62. The molecule has 0 radical (unpaired) electrons. The molecular weight excluding hydrogens is 362 g/mol. The number of nitrogens with zero attached hydrogens (tertiary/aromatic N) is 3. The minimum atomic E-state index is 0.234. The first-order valence-corrected chi connectivity index (χ1v) is 10.5. The summed E-state index contributed by atoms with van der Waals surface area (Å²) in [6.45, 7) is 7.57. The normalized spacial score (nSPS) is 19.8. The Morgan fingerprint density at radius 2 is 1.83 bits per heavy atom. The minimum Gasteiger partial charge on any atom is -0.372 e. The lowest BCUT2D eigenvalue weighted by molar-refractivity contribution is -0.00545. The summed E-state index contributed by atoms with van der Waals surface area (Å²) < 4.78 is 5.80. The Kier molecular flexibility index (Phi) is 7.87.